The smallest absolute Gasteiger partial charge is 0.341 e. The van der Waals surface area contributed by atoms with Crippen LogP contribution >= 0.6 is 35.0 Å². The Kier molecular flexibility index (Phi) is 6.28. The van der Waals surface area contributed by atoms with Gasteiger partial charge in [-0.25, -0.2) is 4.79 Å². The number of rotatable bonds is 6. The van der Waals surface area contributed by atoms with Gasteiger partial charge in [0.1, 0.15) is 5.75 Å². The van der Waals surface area contributed by atoms with Crippen molar-refractivity contribution in [3.05, 3.63) is 68.5 Å². The van der Waals surface area contributed by atoms with Crippen molar-refractivity contribution in [3.63, 3.8) is 0 Å². The molecule has 2 aromatic rings. The summed E-state index contributed by atoms with van der Waals surface area (Å²) < 4.78 is 5.12. The molecule has 1 aliphatic rings. The van der Waals surface area contributed by atoms with Gasteiger partial charge in [-0.3, -0.25) is 14.5 Å². The second kappa shape index (κ2) is 8.68. The van der Waals surface area contributed by atoms with Crippen molar-refractivity contribution in [2.24, 2.45) is 0 Å². The van der Waals surface area contributed by atoms with Crippen molar-refractivity contribution in [1.29, 1.82) is 0 Å². The lowest BCUT2D eigenvalue weighted by molar-refractivity contribution is -0.139. The van der Waals surface area contributed by atoms with E-state index in [1.54, 1.807) is 48.5 Å². The van der Waals surface area contributed by atoms with E-state index < -0.39 is 23.7 Å². The number of carboxylic acids is 1. The highest BCUT2D eigenvalue weighted by Crippen LogP contribution is 2.34. The zero-order valence-electron chi connectivity index (χ0n) is 14.2. The van der Waals surface area contributed by atoms with Gasteiger partial charge in [0, 0.05) is 10.0 Å². The standard InChI is InChI=1S/C19H13Cl2NO5S/c20-13-5-4-12(15(21)8-13)9-22-18(25)16(28-19(22)26)7-11-2-1-3-14(6-11)27-10-17(23)24/h1-8H,9-10H2,(H,23,24)/b16-7-. The van der Waals surface area contributed by atoms with Gasteiger partial charge in [0.05, 0.1) is 11.4 Å². The normalized spacial score (nSPS) is 15.4. The van der Waals surface area contributed by atoms with Crippen LogP contribution in [0, 0.1) is 0 Å². The molecule has 0 spiro atoms. The Balaban J connectivity index is 1.77. The van der Waals surface area contributed by atoms with E-state index in [1.165, 1.54) is 0 Å². The molecule has 144 valence electrons. The first kappa shape index (κ1) is 20.3. The molecule has 1 aliphatic heterocycles. The van der Waals surface area contributed by atoms with Crippen molar-refractivity contribution >= 4 is 58.2 Å². The molecule has 0 atom stereocenters. The van der Waals surface area contributed by atoms with E-state index in [9.17, 15) is 14.4 Å². The minimum Gasteiger partial charge on any atom is -0.482 e. The Morgan fingerprint density at radius 2 is 1.96 bits per heavy atom. The fourth-order valence-electron chi connectivity index (χ4n) is 2.45. The number of thioether (sulfide) groups is 1. The molecule has 2 amide bonds. The number of carbonyl (C=O) groups is 3. The maximum Gasteiger partial charge on any atom is 0.341 e. The fourth-order valence-corrected chi connectivity index (χ4v) is 3.75. The van der Waals surface area contributed by atoms with Crippen LogP contribution < -0.4 is 4.74 Å². The van der Waals surface area contributed by atoms with Crippen LogP contribution in [-0.4, -0.2) is 33.7 Å². The number of hydrogen-bond donors (Lipinski definition) is 1. The van der Waals surface area contributed by atoms with Gasteiger partial charge in [0.15, 0.2) is 6.61 Å². The number of hydrogen-bond acceptors (Lipinski definition) is 5. The first-order valence-corrected chi connectivity index (χ1v) is 9.54. The number of aliphatic carboxylic acids is 1. The van der Waals surface area contributed by atoms with Gasteiger partial charge in [-0.2, -0.15) is 0 Å². The molecule has 0 unspecified atom stereocenters. The highest BCUT2D eigenvalue weighted by molar-refractivity contribution is 8.18. The third-order valence-corrected chi connectivity index (χ3v) is 5.23. The van der Waals surface area contributed by atoms with Gasteiger partial charge in [-0.1, -0.05) is 41.4 Å². The van der Waals surface area contributed by atoms with Crippen LogP contribution in [0.15, 0.2) is 47.4 Å². The SMILES string of the molecule is O=C(O)COc1cccc(/C=C2\SC(=O)N(Cc3ccc(Cl)cc3Cl)C2=O)c1. The summed E-state index contributed by atoms with van der Waals surface area (Å²) in [5.41, 5.74) is 1.22. The maximum absolute atomic E-state index is 12.6. The molecule has 1 fully saturated rings. The summed E-state index contributed by atoms with van der Waals surface area (Å²) in [5, 5.41) is 9.12. The van der Waals surface area contributed by atoms with Crippen molar-refractivity contribution in [2.45, 2.75) is 6.54 Å². The molecule has 0 radical (unpaired) electrons. The third-order valence-electron chi connectivity index (χ3n) is 3.74. The van der Waals surface area contributed by atoms with E-state index in [1.807, 2.05) is 0 Å². The van der Waals surface area contributed by atoms with Crippen LogP contribution in [-0.2, 0) is 16.1 Å². The molecule has 1 saturated heterocycles. The maximum atomic E-state index is 12.6. The Hall–Kier alpha value is -2.48. The summed E-state index contributed by atoms with van der Waals surface area (Å²) in [5.74, 6) is -1.17. The Morgan fingerprint density at radius 1 is 1.18 bits per heavy atom. The highest BCUT2D eigenvalue weighted by atomic mass is 35.5. The molecule has 0 aliphatic carbocycles. The molecule has 0 aromatic heterocycles. The van der Waals surface area contributed by atoms with Gasteiger partial charge < -0.3 is 9.84 Å². The Labute approximate surface area is 174 Å². The topological polar surface area (TPSA) is 83.9 Å². The lowest BCUT2D eigenvalue weighted by Gasteiger charge is -2.13. The van der Waals surface area contributed by atoms with Gasteiger partial charge in [0.2, 0.25) is 0 Å². The van der Waals surface area contributed by atoms with Gasteiger partial charge in [-0.05, 0) is 53.2 Å². The number of halogens is 2. The van der Waals surface area contributed by atoms with E-state index >= 15 is 0 Å². The first-order chi connectivity index (χ1) is 13.3. The first-order valence-electron chi connectivity index (χ1n) is 7.97. The minimum atomic E-state index is -1.09. The van der Waals surface area contributed by atoms with Crippen LogP contribution in [0.1, 0.15) is 11.1 Å². The number of carboxylic acid groups (broad SMARTS) is 1. The molecule has 2 aromatic carbocycles. The number of ether oxygens (including phenoxy) is 1. The summed E-state index contributed by atoms with van der Waals surface area (Å²) in [4.78, 5) is 36.9. The summed E-state index contributed by atoms with van der Waals surface area (Å²) in [6.45, 7) is -0.429. The largest absolute Gasteiger partial charge is 0.482 e. The lowest BCUT2D eigenvalue weighted by Crippen LogP contribution is -2.27. The molecule has 6 nitrogen and oxygen atoms in total. The molecule has 0 saturated carbocycles. The van der Waals surface area contributed by atoms with E-state index in [0.717, 1.165) is 16.7 Å². The molecular weight excluding hydrogens is 425 g/mol. The van der Waals surface area contributed by atoms with Gasteiger partial charge in [-0.15, -0.1) is 0 Å². The fraction of sp³-hybridized carbons (Fsp3) is 0.105. The summed E-state index contributed by atoms with van der Waals surface area (Å²) in [7, 11) is 0. The molecule has 1 N–H and O–H groups in total. The molecule has 28 heavy (non-hydrogen) atoms. The lowest BCUT2D eigenvalue weighted by atomic mass is 10.2. The number of imide groups is 1. The molecule has 0 bridgehead atoms. The predicted octanol–water partition coefficient (Wildman–Crippen LogP) is 4.69. The van der Waals surface area contributed by atoms with E-state index in [4.69, 9.17) is 33.0 Å². The molecule has 3 rings (SSSR count). The molecule has 1 heterocycles. The number of amides is 2. The minimum absolute atomic E-state index is 0.0414. The zero-order valence-corrected chi connectivity index (χ0v) is 16.6. The molecular formula is C19H13Cl2NO5S. The van der Waals surface area contributed by atoms with Gasteiger partial charge in [0.25, 0.3) is 11.1 Å². The second-order valence-corrected chi connectivity index (χ2v) is 7.60. The van der Waals surface area contributed by atoms with E-state index in [-0.39, 0.29) is 11.4 Å². The summed E-state index contributed by atoms with van der Waals surface area (Å²) >= 11 is 12.8. The second-order valence-electron chi connectivity index (χ2n) is 5.76. The number of benzene rings is 2. The van der Waals surface area contributed by atoms with Crippen LogP contribution in [0.4, 0.5) is 4.79 Å². The van der Waals surface area contributed by atoms with Crippen molar-refractivity contribution < 1.29 is 24.2 Å². The van der Waals surface area contributed by atoms with Gasteiger partial charge >= 0.3 is 5.97 Å². The van der Waals surface area contributed by atoms with Crippen molar-refractivity contribution in [3.8, 4) is 5.75 Å². The van der Waals surface area contributed by atoms with Crippen LogP contribution in [0.5, 0.6) is 5.75 Å². The number of carbonyl (C=O) groups excluding carboxylic acids is 2. The number of nitrogens with zero attached hydrogens (tertiary/aromatic N) is 1. The molecule has 9 heteroatoms. The van der Waals surface area contributed by atoms with Crippen LogP contribution in [0.25, 0.3) is 6.08 Å². The Morgan fingerprint density at radius 3 is 2.68 bits per heavy atom. The highest BCUT2D eigenvalue weighted by Gasteiger charge is 2.35. The van der Waals surface area contributed by atoms with Crippen molar-refractivity contribution in [2.75, 3.05) is 6.61 Å². The zero-order chi connectivity index (χ0) is 20.3. The summed E-state index contributed by atoms with van der Waals surface area (Å²) in [6.07, 6.45) is 1.56. The summed E-state index contributed by atoms with van der Waals surface area (Å²) in [6, 6.07) is 11.4. The van der Waals surface area contributed by atoms with E-state index in [2.05, 4.69) is 0 Å². The van der Waals surface area contributed by atoms with Crippen LogP contribution in [0.3, 0.4) is 0 Å². The average Bonchev–Trinajstić information content (AvgIpc) is 2.90. The van der Waals surface area contributed by atoms with E-state index in [0.29, 0.717) is 26.9 Å². The monoisotopic (exact) mass is 437 g/mol. The Bertz CT molecular complexity index is 992. The predicted molar refractivity (Wildman–Crippen MR) is 108 cm³/mol. The van der Waals surface area contributed by atoms with Crippen molar-refractivity contribution in [1.82, 2.24) is 4.90 Å². The van der Waals surface area contributed by atoms with Crippen LogP contribution in [0.2, 0.25) is 10.0 Å². The third kappa shape index (κ3) is 4.86. The average molecular weight is 438 g/mol. The quantitative estimate of drug-likeness (QED) is 0.659.